The highest BCUT2D eigenvalue weighted by Crippen LogP contribution is 2.27. The summed E-state index contributed by atoms with van der Waals surface area (Å²) in [5.41, 5.74) is 4.79. The summed E-state index contributed by atoms with van der Waals surface area (Å²) in [5, 5.41) is 15.7. The zero-order valence-corrected chi connectivity index (χ0v) is 20.5. The van der Waals surface area contributed by atoms with E-state index in [0.29, 0.717) is 19.4 Å². The highest BCUT2D eigenvalue weighted by Gasteiger charge is 2.41. The van der Waals surface area contributed by atoms with Crippen LogP contribution in [0.25, 0.3) is 10.4 Å². The monoisotopic (exact) mass is 490 g/mol. The van der Waals surface area contributed by atoms with Crippen molar-refractivity contribution < 1.29 is 19.5 Å². The molecule has 0 radical (unpaired) electrons. The van der Waals surface area contributed by atoms with Crippen molar-refractivity contribution in [3.63, 3.8) is 0 Å². The first kappa shape index (κ1) is 25.2. The maximum atomic E-state index is 13.0. The number of thiol groups is 1. The number of carbonyl (C=O) groups excluding carboxylic acids is 3. The second-order valence-corrected chi connectivity index (χ2v) is 9.35. The molecule has 0 bridgehead atoms. The molecule has 0 aliphatic carbocycles. The first-order valence-electron chi connectivity index (χ1n) is 11.0. The van der Waals surface area contributed by atoms with Crippen LogP contribution in [-0.2, 0) is 20.9 Å². The molecule has 0 saturated carbocycles. The Balaban J connectivity index is 1.61. The van der Waals surface area contributed by atoms with E-state index in [1.165, 1.54) is 4.90 Å². The average Bonchev–Trinajstić information content (AvgIpc) is 3.41. The molecule has 3 rings (SSSR count). The van der Waals surface area contributed by atoms with Crippen molar-refractivity contribution in [2.75, 3.05) is 12.3 Å². The van der Waals surface area contributed by atoms with E-state index < -0.39 is 24.1 Å². The second kappa shape index (κ2) is 11.6. The minimum Gasteiger partial charge on any atom is -0.391 e. The lowest BCUT2D eigenvalue weighted by Crippen LogP contribution is -2.54. The van der Waals surface area contributed by atoms with E-state index in [1.54, 1.807) is 11.3 Å². The maximum absolute atomic E-state index is 13.0. The van der Waals surface area contributed by atoms with Crippen LogP contribution in [0.2, 0.25) is 0 Å². The molecule has 2 heterocycles. The average molecular weight is 491 g/mol. The zero-order valence-electron chi connectivity index (χ0n) is 18.8. The van der Waals surface area contributed by atoms with Gasteiger partial charge >= 0.3 is 0 Å². The van der Waals surface area contributed by atoms with Gasteiger partial charge in [-0.05, 0) is 24.5 Å². The molecular formula is C23H30N4O4S2. The van der Waals surface area contributed by atoms with Gasteiger partial charge in [0.15, 0.2) is 0 Å². The molecule has 178 valence electrons. The van der Waals surface area contributed by atoms with Crippen molar-refractivity contribution >= 4 is 41.7 Å². The lowest BCUT2D eigenvalue weighted by Gasteiger charge is -2.28. The van der Waals surface area contributed by atoms with Crippen molar-refractivity contribution in [3.8, 4) is 10.4 Å². The largest absolute Gasteiger partial charge is 0.391 e. The van der Waals surface area contributed by atoms with Crippen molar-refractivity contribution in [3.05, 3.63) is 41.0 Å². The summed E-state index contributed by atoms with van der Waals surface area (Å²) >= 11 is 5.77. The summed E-state index contributed by atoms with van der Waals surface area (Å²) in [4.78, 5) is 44.6. The number of thiazole rings is 1. The number of amides is 3. The summed E-state index contributed by atoms with van der Waals surface area (Å²) < 4.78 is 0. The standard InChI is InChI=1S/C23H30N4O4S2/c1-3-4-20(29)26-18(12-32)23(31)27-11-17(28)9-19(27)22(30)24-10-15-5-7-16(8-6-15)21-14(2)25-13-33-21/h5-8,13,17-19,28,32H,3-4,9-12H2,1-2H3,(H,24,30)(H,26,29)/t17-,18+,19+/m1/s1. The fourth-order valence-corrected chi connectivity index (χ4v) is 4.90. The predicted molar refractivity (Wildman–Crippen MR) is 131 cm³/mol. The van der Waals surface area contributed by atoms with Gasteiger partial charge in [-0.3, -0.25) is 14.4 Å². The minimum absolute atomic E-state index is 0.0493. The summed E-state index contributed by atoms with van der Waals surface area (Å²) in [5.74, 6) is -0.862. The van der Waals surface area contributed by atoms with Crippen LogP contribution in [0.15, 0.2) is 29.8 Å². The molecule has 2 aromatic rings. The highest BCUT2D eigenvalue weighted by molar-refractivity contribution is 7.80. The molecule has 3 atom stereocenters. The lowest BCUT2D eigenvalue weighted by atomic mass is 10.1. The third-order valence-corrected chi connectivity index (χ3v) is 6.93. The molecule has 0 spiro atoms. The molecule has 33 heavy (non-hydrogen) atoms. The van der Waals surface area contributed by atoms with Gasteiger partial charge in [0.25, 0.3) is 0 Å². The van der Waals surface area contributed by atoms with Crippen molar-refractivity contribution in [2.24, 2.45) is 0 Å². The number of nitrogens with zero attached hydrogens (tertiary/aromatic N) is 2. The van der Waals surface area contributed by atoms with Crippen molar-refractivity contribution in [1.82, 2.24) is 20.5 Å². The Kier molecular flexibility index (Phi) is 8.87. The van der Waals surface area contributed by atoms with Gasteiger partial charge in [-0.1, -0.05) is 31.2 Å². The third-order valence-electron chi connectivity index (χ3n) is 5.59. The van der Waals surface area contributed by atoms with Gasteiger partial charge in [-0.25, -0.2) is 4.98 Å². The van der Waals surface area contributed by atoms with Gasteiger partial charge in [-0.2, -0.15) is 12.6 Å². The number of hydrogen-bond donors (Lipinski definition) is 4. The third kappa shape index (κ3) is 6.33. The number of likely N-dealkylation sites (tertiary alicyclic amines) is 1. The number of β-amino-alcohol motifs (C(OH)–C–C–N with tert-alkyl or cyclic N) is 1. The Morgan fingerprint density at radius 2 is 2.03 bits per heavy atom. The molecule has 1 saturated heterocycles. The van der Waals surface area contributed by atoms with Crippen LogP contribution in [0.1, 0.15) is 37.4 Å². The Hall–Kier alpha value is -2.43. The quantitative estimate of drug-likeness (QED) is 0.401. The van der Waals surface area contributed by atoms with Crippen LogP contribution in [-0.4, -0.2) is 63.2 Å². The zero-order chi connectivity index (χ0) is 24.0. The van der Waals surface area contributed by atoms with E-state index in [1.807, 2.05) is 43.6 Å². The molecule has 10 heteroatoms. The summed E-state index contributed by atoms with van der Waals surface area (Å²) in [6.07, 6.45) is 0.338. The van der Waals surface area contributed by atoms with Gasteiger partial charge in [0, 0.05) is 31.7 Å². The predicted octanol–water partition coefficient (Wildman–Crippen LogP) is 1.91. The van der Waals surface area contributed by atoms with Crippen LogP contribution in [0, 0.1) is 6.92 Å². The molecule has 3 N–H and O–H groups in total. The topological polar surface area (TPSA) is 112 Å². The van der Waals surface area contributed by atoms with Gasteiger partial charge < -0.3 is 20.6 Å². The molecule has 3 amide bonds. The van der Waals surface area contributed by atoms with Crippen LogP contribution >= 0.6 is 24.0 Å². The van der Waals surface area contributed by atoms with Gasteiger partial charge in [0.05, 0.1) is 22.2 Å². The second-order valence-electron chi connectivity index (χ2n) is 8.13. The van der Waals surface area contributed by atoms with Crippen molar-refractivity contribution in [2.45, 2.75) is 57.8 Å². The molecule has 8 nitrogen and oxygen atoms in total. The minimum atomic E-state index is -0.837. The Labute approximate surface area is 203 Å². The number of nitrogens with one attached hydrogen (secondary N) is 2. The summed E-state index contributed by atoms with van der Waals surface area (Å²) in [7, 11) is 0. The first-order valence-corrected chi connectivity index (χ1v) is 12.5. The number of carbonyl (C=O) groups is 3. The number of benzene rings is 1. The maximum Gasteiger partial charge on any atom is 0.246 e. The van der Waals surface area contributed by atoms with E-state index in [9.17, 15) is 19.5 Å². The molecule has 1 fully saturated rings. The smallest absolute Gasteiger partial charge is 0.246 e. The molecule has 0 unspecified atom stereocenters. The highest BCUT2D eigenvalue weighted by atomic mass is 32.1. The molecule has 1 aliphatic rings. The van der Waals surface area contributed by atoms with Crippen LogP contribution < -0.4 is 10.6 Å². The van der Waals surface area contributed by atoms with Crippen LogP contribution in [0.3, 0.4) is 0 Å². The molecular weight excluding hydrogens is 460 g/mol. The SMILES string of the molecule is CCCC(=O)N[C@@H](CS)C(=O)N1C[C@H](O)C[C@H]1C(=O)NCc1ccc(-c2scnc2C)cc1. The number of hydrogen-bond acceptors (Lipinski definition) is 7. The number of aliphatic hydroxyl groups is 1. The van der Waals surface area contributed by atoms with Crippen molar-refractivity contribution in [1.29, 1.82) is 0 Å². The molecule has 1 aromatic carbocycles. The van der Waals surface area contributed by atoms with Gasteiger partial charge in [0.1, 0.15) is 12.1 Å². The Morgan fingerprint density at radius 1 is 1.30 bits per heavy atom. The first-order chi connectivity index (χ1) is 15.8. The van der Waals surface area contributed by atoms with Crippen LogP contribution in [0.5, 0.6) is 0 Å². The number of aromatic nitrogens is 1. The lowest BCUT2D eigenvalue weighted by molar-refractivity contribution is -0.141. The number of aliphatic hydroxyl groups excluding tert-OH is 1. The normalized spacial score (nSPS) is 18.7. The Bertz CT molecular complexity index is 979. The summed E-state index contributed by atoms with van der Waals surface area (Å²) in [6, 6.07) is 6.25. The number of aryl methyl sites for hydroxylation is 1. The molecule has 1 aliphatic heterocycles. The fourth-order valence-electron chi connectivity index (χ4n) is 3.85. The molecule has 1 aromatic heterocycles. The Morgan fingerprint density at radius 3 is 2.64 bits per heavy atom. The van der Waals surface area contributed by atoms with Crippen LogP contribution in [0.4, 0.5) is 0 Å². The van der Waals surface area contributed by atoms with Gasteiger partial charge in [-0.15, -0.1) is 11.3 Å². The van der Waals surface area contributed by atoms with E-state index >= 15 is 0 Å². The summed E-state index contributed by atoms with van der Waals surface area (Å²) in [6.45, 7) is 4.20. The van der Waals surface area contributed by atoms with E-state index in [4.69, 9.17) is 0 Å². The van der Waals surface area contributed by atoms with E-state index in [0.717, 1.165) is 21.7 Å². The van der Waals surface area contributed by atoms with Gasteiger partial charge in [0.2, 0.25) is 17.7 Å². The number of rotatable bonds is 9. The fraction of sp³-hybridized carbons (Fsp3) is 0.478. The van der Waals surface area contributed by atoms with E-state index in [2.05, 4.69) is 28.2 Å². The van der Waals surface area contributed by atoms with E-state index in [-0.39, 0.29) is 30.5 Å².